The molecule has 22 nitrogen and oxygen atoms in total. The van der Waals surface area contributed by atoms with Gasteiger partial charge >= 0.3 is 0 Å². The highest BCUT2D eigenvalue weighted by Crippen LogP contribution is 2.46. The molecule has 0 saturated carbocycles. The Bertz CT molecular complexity index is 1210. The molecular weight excluding hydrogens is 841 g/mol. The van der Waals surface area contributed by atoms with E-state index in [0.29, 0.717) is 47.0 Å². The van der Waals surface area contributed by atoms with E-state index < -0.39 is 180 Å². The summed E-state index contributed by atoms with van der Waals surface area (Å²) in [6.45, 7) is -3.67. The van der Waals surface area contributed by atoms with E-state index in [1.54, 1.807) is 0 Å². The van der Waals surface area contributed by atoms with Crippen LogP contribution in [0.15, 0.2) is 0 Å². The minimum atomic E-state index is -1.81. The third-order valence-electron chi connectivity index (χ3n) is 10.3. The molecule has 5 heterocycles. The number of thioether (sulfide) groups is 4. The molecule has 5 fully saturated rings. The first-order valence-electron chi connectivity index (χ1n) is 17.6. The second-order valence-corrected chi connectivity index (χ2v) is 19.1. The van der Waals surface area contributed by atoms with Crippen molar-refractivity contribution in [2.75, 3.05) is 33.0 Å². The van der Waals surface area contributed by atoms with Crippen molar-refractivity contribution in [2.24, 2.45) is 0 Å². The summed E-state index contributed by atoms with van der Waals surface area (Å²) in [7, 11) is 0. The summed E-state index contributed by atoms with van der Waals surface area (Å²) in [4.78, 5) is 0. The molecule has 0 bridgehead atoms. The third kappa shape index (κ3) is 9.76. The van der Waals surface area contributed by atoms with Gasteiger partial charge in [-0.15, -0.1) is 47.0 Å². The molecule has 0 aliphatic carbocycles. The van der Waals surface area contributed by atoms with Crippen LogP contribution in [-0.4, -0.2) is 267 Å². The highest BCUT2D eigenvalue weighted by Gasteiger charge is 2.55. The highest BCUT2D eigenvalue weighted by molar-refractivity contribution is 8.01. The second-order valence-electron chi connectivity index (χ2n) is 13.9. The van der Waals surface area contributed by atoms with Crippen molar-refractivity contribution in [1.82, 2.24) is 0 Å². The fourth-order valence-electron chi connectivity index (χ4n) is 7.03. The molecule has 5 aliphatic heterocycles. The largest absolute Gasteiger partial charge is 0.394 e. The average molecular weight is 893 g/mol. The van der Waals surface area contributed by atoms with Crippen molar-refractivity contribution < 1.29 is 110 Å². The van der Waals surface area contributed by atoms with Gasteiger partial charge in [-0.05, 0) is 0 Å². The SMILES string of the molecule is OC[C@H]1O[C@@H](S[C@H]2[C@H](O)[C@@H](O)[C@H](S[C@H]3[C@H](O)[C@@H](O)[C@H](S[C@H]4[C@H](O)[C@@H](O)[C@H](S[C@H]5[C@H](O)[C@@H](O)[C@@H](O)O[C@@H]5CO)O[C@@H]4CO)O[C@@H]3CO)O[C@@H]2CO)[C@H](O)[C@@H](O)[C@@H]1O. The zero-order valence-corrected chi connectivity index (χ0v) is 32.5. The topological polar surface area (TPSA) is 390 Å². The Morgan fingerprint density at radius 2 is 0.518 bits per heavy atom. The van der Waals surface area contributed by atoms with E-state index in [-0.39, 0.29) is 0 Å². The van der Waals surface area contributed by atoms with Crippen LogP contribution in [0.1, 0.15) is 0 Å². The minimum Gasteiger partial charge on any atom is -0.394 e. The lowest BCUT2D eigenvalue weighted by Crippen LogP contribution is -2.63. The average Bonchev–Trinajstić information content (AvgIpc) is 3.19. The van der Waals surface area contributed by atoms with E-state index in [0.717, 1.165) is 0 Å². The number of hydrogen-bond acceptors (Lipinski definition) is 26. The number of aliphatic hydroxyl groups is 17. The van der Waals surface area contributed by atoms with Gasteiger partial charge < -0.3 is 110 Å². The van der Waals surface area contributed by atoms with Gasteiger partial charge in [-0.3, -0.25) is 0 Å². The molecule has 26 heteroatoms. The summed E-state index contributed by atoms with van der Waals surface area (Å²) in [5.74, 6) is 0. The number of aliphatic hydroxyl groups excluding tert-OH is 17. The monoisotopic (exact) mass is 892 g/mol. The summed E-state index contributed by atoms with van der Waals surface area (Å²) in [6.07, 6.45) is -27.1. The van der Waals surface area contributed by atoms with Crippen LogP contribution < -0.4 is 0 Å². The Kier molecular flexibility index (Phi) is 17.5. The van der Waals surface area contributed by atoms with Crippen LogP contribution in [0.4, 0.5) is 0 Å². The Hall–Kier alpha value is 0.520. The molecule has 5 rings (SSSR count). The molecule has 0 unspecified atom stereocenters. The van der Waals surface area contributed by atoms with Crippen molar-refractivity contribution in [1.29, 1.82) is 0 Å². The maximum atomic E-state index is 11.3. The standard InChI is InChI=1S/C30H52O22S4/c31-1-6-11(36)12(37)18(43)27(49-6)54-23-8(3-33)51-29(20(45)14(23)39)56-25-10(5-35)52-30(21(46)16(25)41)55-24-9(4-34)50-28(19(44)15(24)40)53-22-7(2-32)48-26(47)17(42)13(22)38/h6-47H,1-5H2/t6-,7-,8-,9-,10-,11-,12+,13-,14-,15-,16-,17-,18-,19-,20-,21-,22-,23-,24-,25-,26+,27+,28+,29+,30+/m1/s1. The van der Waals surface area contributed by atoms with E-state index >= 15 is 0 Å². The third-order valence-corrected chi connectivity index (χ3v) is 16.5. The summed E-state index contributed by atoms with van der Waals surface area (Å²) in [5.41, 5.74) is -5.56. The molecule has 25 atom stereocenters. The van der Waals surface area contributed by atoms with Crippen molar-refractivity contribution in [3.8, 4) is 0 Å². The van der Waals surface area contributed by atoms with Crippen molar-refractivity contribution in [3.05, 3.63) is 0 Å². The molecule has 0 aromatic heterocycles. The van der Waals surface area contributed by atoms with Crippen molar-refractivity contribution in [3.63, 3.8) is 0 Å². The summed E-state index contributed by atoms with van der Waals surface area (Å²) in [5, 5.41) is 173. The van der Waals surface area contributed by atoms with Gasteiger partial charge in [-0.2, -0.15) is 0 Å². The predicted octanol–water partition coefficient (Wildman–Crippen LogP) is -9.06. The zero-order valence-electron chi connectivity index (χ0n) is 29.2. The van der Waals surface area contributed by atoms with Crippen LogP contribution in [-0.2, 0) is 23.7 Å². The quantitative estimate of drug-likeness (QED) is 0.0816. The molecule has 0 aromatic carbocycles. The van der Waals surface area contributed by atoms with E-state index in [1.807, 2.05) is 0 Å². The first kappa shape index (κ1) is 47.6. The van der Waals surface area contributed by atoms with Gasteiger partial charge in [0.05, 0.1) is 103 Å². The van der Waals surface area contributed by atoms with Gasteiger partial charge in [0.25, 0.3) is 0 Å². The van der Waals surface area contributed by atoms with Gasteiger partial charge in [-0.25, -0.2) is 0 Å². The number of rotatable bonds is 13. The molecule has 0 aromatic rings. The molecule has 328 valence electrons. The van der Waals surface area contributed by atoms with Gasteiger partial charge in [0, 0.05) is 0 Å². The maximum absolute atomic E-state index is 11.3. The fraction of sp³-hybridized carbons (Fsp3) is 1.00. The van der Waals surface area contributed by atoms with Crippen molar-refractivity contribution >= 4 is 47.0 Å². The lowest BCUT2D eigenvalue weighted by Gasteiger charge is -2.49. The van der Waals surface area contributed by atoms with Gasteiger partial charge in [-0.1, -0.05) is 0 Å². The minimum absolute atomic E-state index is 0.661. The van der Waals surface area contributed by atoms with Gasteiger partial charge in [0.15, 0.2) is 6.29 Å². The first-order valence-corrected chi connectivity index (χ1v) is 21.4. The van der Waals surface area contributed by atoms with Gasteiger partial charge in [0.2, 0.25) is 0 Å². The Balaban J connectivity index is 1.22. The number of ether oxygens (including phenoxy) is 5. The van der Waals surface area contributed by atoms with Crippen LogP contribution in [0.5, 0.6) is 0 Å². The Labute approximate surface area is 336 Å². The van der Waals surface area contributed by atoms with E-state index in [9.17, 15) is 86.8 Å². The normalized spacial score (nSPS) is 53.2. The molecule has 17 N–H and O–H groups in total. The molecule has 5 saturated heterocycles. The van der Waals surface area contributed by atoms with E-state index in [2.05, 4.69) is 0 Å². The van der Waals surface area contributed by atoms with E-state index in [1.165, 1.54) is 0 Å². The fourth-order valence-corrected chi connectivity index (χ4v) is 13.0. The predicted molar refractivity (Wildman–Crippen MR) is 193 cm³/mol. The number of hydrogen-bond donors (Lipinski definition) is 17. The molecule has 5 aliphatic rings. The van der Waals surface area contributed by atoms with E-state index in [4.69, 9.17) is 23.7 Å². The van der Waals surface area contributed by atoms with Crippen LogP contribution in [0.2, 0.25) is 0 Å². The maximum Gasteiger partial charge on any atom is 0.183 e. The lowest BCUT2D eigenvalue weighted by atomic mass is 10.0. The van der Waals surface area contributed by atoms with Crippen LogP contribution in [0.25, 0.3) is 0 Å². The highest BCUT2D eigenvalue weighted by atomic mass is 32.2. The molecular formula is C30H52O22S4. The van der Waals surface area contributed by atoms with Crippen LogP contribution >= 0.6 is 47.0 Å². The van der Waals surface area contributed by atoms with Crippen LogP contribution in [0, 0.1) is 0 Å². The molecule has 0 spiro atoms. The summed E-state index contributed by atoms with van der Waals surface area (Å²) < 4.78 is 28.2. The molecule has 0 amide bonds. The summed E-state index contributed by atoms with van der Waals surface area (Å²) in [6, 6.07) is 0. The smallest absolute Gasteiger partial charge is 0.183 e. The zero-order chi connectivity index (χ0) is 41.3. The van der Waals surface area contributed by atoms with Crippen molar-refractivity contribution in [2.45, 2.75) is 147 Å². The van der Waals surface area contributed by atoms with Gasteiger partial charge in [0.1, 0.15) is 70.6 Å². The Morgan fingerprint density at radius 3 is 0.821 bits per heavy atom. The second kappa shape index (κ2) is 20.6. The first-order chi connectivity index (χ1) is 26.5. The molecule has 56 heavy (non-hydrogen) atoms. The molecule has 0 radical (unpaired) electrons. The Morgan fingerprint density at radius 1 is 0.268 bits per heavy atom. The summed E-state index contributed by atoms with van der Waals surface area (Å²) >= 11 is 2.67. The lowest BCUT2D eigenvalue weighted by molar-refractivity contribution is -0.249. The van der Waals surface area contributed by atoms with Crippen LogP contribution in [0.3, 0.4) is 0 Å².